The first-order valence-electron chi connectivity index (χ1n) is 3.86. The van der Waals surface area contributed by atoms with Crippen LogP contribution < -0.4 is 5.14 Å². The summed E-state index contributed by atoms with van der Waals surface area (Å²) in [5.74, 6) is -0.288. The Balaban J connectivity index is 2.82. The summed E-state index contributed by atoms with van der Waals surface area (Å²) in [6.45, 7) is 0. The molecule has 0 unspecified atom stereocenters. The molecule has 4 N–H and O–H groups in total. The van der Waals surface area contributed by atoms with Crippen molar-refractivity contribution >= 4 is 31.4 Å². The number of thiophene rings is 1. The minimum atomic E-state index is -3.77. The Labute approximate surface area is 89.4 Å². The van der Waals surface area contributed by atoms with Crippen LogP contribution in [-0.2, 0) is 10.0 Å². The van der Waals surface area contributed by atoms with E-state index in [-0.39, 0.29) is 15.7 Å². The van der Waals surface area contributed by atoms with Gasteiger partial charge in [0, 0.05) is 11.5 Å². The van der Waals surface area contributed by atoms with Crippen molar-refractivity contribution in [1.29, 1.82) is 0 Å². The van der Waals surface area contributed by atoms with Gasteiger partial charge in [-0.25, -0.2) is 13.6 Å². The van der Waals surface area contributed by atoms with Crippen LogP contribution in [0, 0.1) is 0 Å². The molecule has 0 aliphatic rings. The van der Waals surface area contributed by atoms with Crippen molar-refractivity contribution in [2.45, 2.75) is 4.21 Å². The number of sulfonamides is 1. The van der Waals surface area contributed by atoms with Crippen LogP contribution in [0.25, 0.3) is 10.1 Å². The van der Waals surface area contributed by atoms with Crippen molar-refractivity contribution in [2.75, 3.05) is 0 Å². The SMILES string of the molecule is NS(=O)(=O)c1cc2cc(O)cc(O)c2s1. The second-order valence-electron chi connectivity index (χ2n) is 2.99. The third kappa shape index (κ3) is 1.76. The maximum Gasteiger partial charge on any atom is 0.247 e. The summed E-state index contributed by atoms with van der Waals surface area (Å²) in [7, 11) is -3.77. The number of phenolic OH excluding ortho intramolecular Hbond substituents is 2. The van der Waals surface area contributed by atoms with E-state index in [0.29, 0.717) is 10.1 Å². The van der Waals surface area contributed by atoms with Gasteiger partial charge in [0.25, 0.3) is 0 Å². The summed E-state index contributed by atoms with van der Waals surface area (Å²) in [5.41, 5.74) is 0. The van der Waals surface area contributed by atoms with E-state index in [4.69, 9.17) is 5.14 Å². The first kappa shape index (κ1) is 10.2. The van der Waals surface area contributed by atoms with Crippen molar-refractivity contribution in [3.8, 4) is 11.5 Å². The van der Waals surface area contributed by atoms with E-state index >= 15 is 0 Å². The molecular formula is C8H7NO4S2. The molecule has 0 radical (unpaired) electrons. The van der Waals surface area contributed by atoms with E-state index in [2.05, 4.69) is 0 Å². The van der Waals surface area contributed by atoms with Gasteiger partial charge in [-0.1, -0.05) is 0 Å². The Morgan fingerprint density at radius 1 is 1.20 bits per heavy atom. The zero-order valence-corrected chi connectivity index (χ0v) is 8.97. The molecule has 0 bridgehead atoms. The third-order valence-electron chi connectivity index (χ3n) is 1.84. The van der Waals surface area contributed by atoms with Gasteiger partial charge in [0.1, 0.15) is 15.7 Å². The second-order valence-corrected chi connectivity index (χ2v) is 5.83. The fraction of sp³-hybridized carbons (Fsp3) is 0. The minimum Gasteiger partial charge on any atom is -0.508 e. The molecule has 2 aromatic rings. The Bertz CT molecular complexity index is 629. The van der Waals surface area contributed by atoms with E-state index in [0.717, 1.165) is 17.4 Å². The average molecular weight is 245 g/mol. The Morgan fingerprint density at radius 3 is 2.47 bits per heavy atom. The summed E-state index contributed by atoms with van der Waals surface area (Å²) >= 11 is 0.865. The van der Waals surface area contributed by atoms with Crippen molar-refractivity contribution < 1.29 is 18.6 Å². The molecule has 0 fully saturated rings. The van der Waals surface area contributed by atoms with Gasteiger partial charge in [0.15, 0.2) is 0 Å². The maximum atomic E-state index is 11.0. The van der Waals surface area contributed by atoms with Crippen LogP contribution in [0.2, 0.25) is 0 Å². The standard InChI is InChI=1S/C8H7NO4S2/c9-15(12,13)7-2-4-1-5(10)3-6(11)8(4)14-7/h1-3,10-11H,(H2,9,12,13). The Kier molecular flexibility index (Phi) is 2.10. The quantitative estimate of drug-likeness (QED) is 0.696. The molecule has 2 rings (SSSR count). The molecule has 1 aromatic carbocycles. The van der Waals surface area contributed by atoms with Crippen LogP contribution in [-0.4, -0.2) is 18.6 Å². The summed E-state index contributed by atoms with van der Waals surface area (Å²) in [4.78, 5) is 0. The van der Waals surface area contributed by atoms with Gasteiger partial charge in [-0.05, 0) is 12.1 Å². The molecule has 1 aromatic heterocycles. The molecule has 0 saturated carbocycles. The lowest BCUT2D eigenvalue weighted by molar-refractivity contribution is 0.455. The fourth-order valence-electron chi connectivity index (χ4n) is 1.24. The van der Waals surface area contributed by atoms with Gasteiger partial charge in [-0.15, -0.1) is 11.3 Å². The number of phenols is 2. The topological polar surface area (TPSA) is 101 Å². The monoisotopic (exact) mass is 245 g/mol. The van der Waals surface area contributed by atoms with E-state index in [1.165, 1.54) is 12.1 Å². The largest absolute Gasteiger partial charge is 0.508 e. The lowest BCUT2D eigenvalue weighted by atomic mass is 10.2. The Morgan fingerprint density at radius 2 is 1.87 bits per heavy atom. The second kappa shape index (κ2) is 3.09. The van der Waals surface area contributed by atoms with E-state index < -0.39 is 10.0 Å². The molecule has 0 atom stereocenters. The van der Waals surface area contributed by atoms with Crippen LogP contribution in [0.5, 0.6) is 11.5 Å². The number of hydrogen-bond acceptors (Lipinski definition) is 5. The number of benzene rings is 1. The molecular weight excluding hydrogens is 238 g/mol. The zero-order chi connectivity index (χ0) is 11.2. The highest BCUT2D eigenvalue weighted by atomic mass is 32.2. The fourth-order valence-corrected chi connectivity index (χ4v) is 3.03. The van der Waals surface area contributed by atoms with Gasteiger partial charge in [0.2, 0.25) is 10.0 Å². The lowest BCUT2D eigenvalue weighted by Gasteiger charge is -1.95. The molecule has 80 valence electrons. The molecule has 0 spiro atoms. The van der Waals surface area contributed by atoms with Gasteiger partial charge in [-0.3, -0.25) is 0 Å². The van der Waals surface area contributed by atoms with Crippen molar-refractivity contribution in [2.24, 2.45) is 5.14 Å². The molecule has 0 saturated heterocycles. The highest BCUT2D eigenvalue weighted by Gasteiger charge is 2.14. The van der Waals surface area contributed by atoms with Crippen LogP contribution in [0.3, 0.4) is 0 Å². The number of primary sulfonamides is 1. The van der Waals surface area contributed by atoms with Gasteiger partial charge in [-0.2, -0.15) is 0 Å². The summed E-state index contributed by atoms with van der Waals surface area (Å²) < 4.78 is 22.4. The number of hydrogen-bond donors (Lipinski definition) is 3. The highest BCUT2D eigenvalue weighted by Crippen LogP contribution is 2.37. The van der Waals surface area contributed by atoms with Gasteiger partial charge >= 0.3 is 0 Å². The average Bonchev–Trinajstić information content (AvgIpc) is 2.46. The molecule has 0 aliphatic heterocycles. The van der Waals surface area contributed by atoms with Crippen molar-refractivity contribution in [3.63, 3.8) is 0 Å². The van der Waals surface area contributed by atoms with Crippen molar-refractivity contribution in [3.05, 3.63) is 18.2 Å². The molecule has 0 aliphatic carbocycles. The summed E-state index contributed by atoms with van der Waals surface area (Å²) in [5, 5.41) is 24.0. The molecule has 1 heterocycles. The molecule has 15 heavy (non-hydrogen) atoms. The van der Waals surface area contributed by atoms with Gasteiger partial charge < -0.3 is 10.2 Å². The predicted molar refractivity (Wildman–Crippen MR) is 56.5 cm³/mol. The number of rotatable bonds is 1. The maximum absolute atomic E-state index is 11.0. The van der Waals surface area contributed by atoms with Gasteiger partial charge in [0.05, 0.1) is 4.70 Å². The number of nitrogens with two attached hydrogens (primary N) is 1. The van der Waals surface area contributed by atoms with E-state index in [9.17, 15) is 18.6 Å². The van der Waals surface area contributed by atoms with Crippen LogP contribution in [0.4, 0.5) is 0 Å². The number of fused-ring (bicyclic) bond motifs is 1. The normalized spacial score (nSPS) is 12.1. The Hall–Kier alpha value is -1.31. The van der Waals surface area contributed by atoms with Crippen LogP contribution in [0.1, 0.15) is 0 Å². The minimum absolute atomic E-state index is 0.0431. The summed E-state index contributed by atoms with van der Waals surface area (Å²) in [6.07, 6.45) is 0. The highest BCUT2D eigenvalue weighted by molar-refractivity contribution is 7.91. The van der Waals surface area contributed by atoms with E-state index in [1.807, 2.05) is 0 Å². The van der Waals surface area contributed by atoms with Crippen molar-refractivity contribution in [1.82, 2.24) is 0 Å². The lowest BCUT2D eigenvalue weighted by Crippen LogP contribution is -2.09. The first-order valence-corrected chi connectivity index (χ1v) is 6.22. The van der Waals surface area contributed by atoms with Crippen LogP contribution >= 0.6 is 11.3 Å². The zero-order valence-electron chi connectivity index (χ0n) is 7.34. The molecule has 5 nitrogen and oxygen atoms in total. The first-order chi connectivity index (χ1) is 6.88. The molecule has 0 amide bonds. The summed E-state index contributed by atoms with van der Waals surface area (Å²) in [6, 6.07) is 3.82. The molecule has 7 heteroatoms. The van der Waals surface area contributed by atoms with Crippen LogP contribution in [0.15, 0.2) is 22.4 Å². The smallest absolute Gasteiger partial charge is 0.247 e. The predicted octanol–water partition coefficient (Wildman–Crippen LogP) is 0.960. The number of aromatic hydroxyl groups is 2. The third-order valence-corrected chi connectivity index (χ3v) is 4.43. The van der Waals surface area contributed by atoms with E-state index in [1.54, 1.807) is 0 Å².